The van der Waals surface area contributed by atoms with Crippen molar-refractivity contribution in [3.63, 3.8) is 0 Å². The van der Waals surface area contributed by atoms with Crippen molar-refractivity contribution in [1.29, 1.82) is 0 Å². The molecule has 0 saturated heterocycles. The summed E-state index contributed by atoms with van der Waals surface area (Å²) in [5.41, 5.74) is 1.59. The fraction of sp³-hybridized carbons (Fsp3) is 0.455. The smallest absolute Gasteiger partial charge is 0.227 e. The van der Waals surface area contributed by atoms with Gasteiger partial charge in [-0.25, -0.2) is 0 Å². The van der Waals surface area contributed by atoms with E-state index in [1.807, 2.05) is 12.1 Å². The Bertz CT molecular complexity index is 355. The third-order valence-corrected chi connectivity index (χ3v) is 4.73. The van der Waals surface area contributed by atoms with Gasteiger partial charge in [0.1, 0.15) is 0 Å². The van der Waals surface area contributed by atoms with Crippen molar-refractivity contribution in [1.82, 2.24) is 0 Å². The highest BCUT2D eigenvalue weighted by molar-refractivity contribution is 6.75. The van der Waals surface area contributed by atoms with Gasteiger partial charge in [-0.3, -0.25) is 0 Å². The fourth-order valence-corrected chi connectivity index (χ4v) is 1.91. The number of aryl methyl sites for hydroxylation is 1. The SMILES string of the molecule is OCCCc1ccc(C(Cl)(Cl)C(Cl)(Cl)Cl)cc1. The summed E-state index contributed by atoms with van der Waals surface area (Å²) >= 11 is 29.2. The van der Waals surface area contributed by atoms with Crippen LogP contribution in [0.4, 0.5) is 0 Å². The maximum atomic E-state index is 8.72. The normalized spacial score (nSPS) is 12.8. The van der Waals surface area contributed by atoms with Gasteiger partial charge in [-0.15, -0.1) is 0 Å². The summed E-state index contributed by atoms with van der Waals surface area (Å²) < 4.78 is -3.39. The first-order chi connectivity index (χ1) is 7.79. The molecule has 96 valence electrons. The van der Waals surface area contributed by atoms with Crippen molar-refractivity contribution >= 4 is 58.0 Å². The van der Waals surface area contributed by atoms with Crippen LogP contribution in [0.5, 0.6) is 0 Å². The van der Waals surface area contributed by atoms with Crippen LogP contribution < -0.4 is 0 Å². The molecule has 0 unspecified atom stereocenters. The zero-order valence-corrected chi connectivity index (χ0v) is 12.5. The van der Waals surface area contributed by atoms with Crippen LogP contribution in [-0.2, 0) is 10.8 Å². The lowest BCUT2D eigenvalue weighted by atomic mass is 10.1. The van der Waals surface area contributed by atoms with E-state index in [-0.39, 0.29) is 6.61 Å². The Labute approximate surface area is 126 Å². The molecule has 0 aliphatic rings. The van der Waals surface area contributed by atoms with Gasteiger partial charge in [-0.1, -0.05) is 82.3 Å². The molecule has 1 aromatic rings. The molecular weight excluding hydrogens is 325 g/mol. The minimum absolute atomic E-state index is 0.158. The molecule has 17 heavy (non-hydrogen) atoms. The second kappa shape index (κ2) is 6.18. The molecule has 1 N–H and O–H groups in total. The van der Waals surface area contributed by atoms with E-state index in [0.29, 0.717) is 12.0 Å². The van der Waals surface area contributed by atoms with Crippen LogP contribution in [0, 0.1) is 0 Å². The second-order valence-electron chi connectivity index (χ2n) is 3.60. The van der Waals surface area contributed by atoms with Crippen molar-refractivity contribution < 1.29 is 5.11 Å². The molecule has 0 atom stereocenters. The summed E-state index contributed by atoms with van der Waals surface area (Å²) in [5.74, 6) is 0. The number of halogens is 5. The summed E-state index contributed by atoms with van der Waals surface area (Å²) in [4.78, 5) is 0. The second-order valence-corrected chi connectivity index (χ2v) is 7.20. The Morgan fingerprint density at radius 2 is 1.47 bits per heavy atom. The van der Waals surface area contributed by atoms with Crippen LogP contribution in [0.1, 0.15) is 17.5 Å². The number of hydrogen-bond donors (Lipinski definition) is 1. The van der Waals surface area contributed by atoms with Gasteiger partial charge in [0.15, 0.2) is 4.33 Å². The summed E-state index contributed by atoms with van der Waals surface area (Å²) in [6.07, 6.45) is 1.48. The fourth-order valence-electron chi connectivity index (χ4n) is 1.33. The first-order valence-electron chi connectivity index (χ1n) is 4.94. The molecule has 0 spiro atoms. The largest absolute Gasteiger partial charge is 0.396 e. The van der Waals surface area contributed by atoms with Crippen LogP contribution in [-0.4, -0.2) is 15.5 Å². The Balaban J connectivity index is 2.87. The number of alkyl halides is 5. The molecule has 0 amide bonds. The minimum atomic E-state index is -1.80. The first kappa shape index (κ1) is 15.7. The zero-order valence-electron chi connectivity index (χ0n) is 8.77. The van der Waals surface area contributed by atoms with E-state index in [0.717, 1.165) is 12.0 Å². The first-order valence-corrected chi connectivity index (χ1v) is 6.83. The Morgan fingerprint density at radius 1 is 0.941 bits per heavy atom. The van der Waals surface area contributed by atoms with E-state index >= 15 is 0 Å². The molecule has 0 fully saturated rings. The summed E-state index contributed by atoms with van der Waals surface area (Å²) in [6, 6.07) is 7.13. The summed E-state index contributed by atoms with van der Waals surface area (Å²) in [5, 5.41) is 8.72. The standard InChI is InChI=1S/C11H11Cl5O/c12-10(13,11(14,15)16)9-5-3-8(4-6-9)2-1-7-17/h3-6,17H,1-2,7H2. The highest BCUT2D eigenvalue weighted by Crippen LogP contribution is 2.52. The Kier molecular flexibility index (Phi) is 5.71. The van der Waals surface area contributed by atoms with E-state index < -0.39 is 8.13 Å². The lowest BCUT2D eigenvalue weighted by Crippen LogP contribution is -2.28. The van der Waals surface area contributed by atoms with Gasteiger partial charge >= 0.3 is 0 Å². The molecule has 6 heteroatoms. The molecule has 0 aliphatic heterocycles. The Hall–Kier alpha value is 0.630. The number of rotatable bonds is 4. The van der Waals surface area contributed by atoms with Crippen molar-refractivity contribution in [2.45, 2.75) is 21.0 Å². The lowest BCUT2D eigenvalue weighted by Gasteiger charge is -2.27. The molecule has 0 aliphatic carbocycles. The zero-order chi connectivity index (χ0) is 13.1. The van der Waals surface area contributed by atoms with E-state index in [1.54, 1.807) is 12.1 Å². The topological polar surface area (TPSA) is 20.2 Å². The van der Waals surface area contributed by atoms with Crippen molar-refractivity contribution in [2.75, 3.05) is 6.61 Å². The molecule has 1 rings (SSSR count). The predicted octanol–water partition coefficient (Wildman–Crippen LogP) is 4.61. The van der Waals surface area contributed by atoms with E-state index in [9.17, 15) is 0 Å². The molecule has 0 saturated carbocycles. The maximum absolute atomic E-state index is 8.72. The molecular formula is C11H11Cl5O. The summed E-state index contributed by atoms with van der Waals surface area (Å²) in [7, 11) is 0. The van der Waals surface area contributed by atoms with E-state index in [1.165, 1.54) is 0 Å². The van der Waals surface area contributed by atoms with Crippen molar-refractivity contribution in [3.05, 3.63) is 35.4 Å². The van der Waals surface area contributed by atoms with Crippen LogP contribution in [0.2, 0.25) is 0 Å². The van der Waals surface area contributed by atoms with E-state index in [4.69, 9.17) is 63.1 Å². The van der Waals surface area contributed by atoms with Crippen molar-refractivity contribution in [2.24, 2.45) is 0 Å². The quantitative estimate of drug-likeness (QED) is 0.796. The minimum Gasteiger partial charge on any atom is -0.396 e. The molecule has 0 heterocycles. The molecule has 0 radical (unpaired) electrons. The van der Waals surface area contributed by atoms with Crippen LogP contribution >= 0.6 is 58.0 Å². The number of aliphatic hydroxyl groups is 1. The lowest BCUT2D eigenvalue weighted by molar-refractivity contribution is 0.288. The number of aliphatic hydroxyl groups excluding tert-OH is 1. The number of benzene rings is 1. The third kappa shape index (κ3) is 4.05. The Morgan fingerprint density at radius 3 is 1.88 bits per heavy atom. The van der Waals surface area contributed by atoms with Gasteiger partial charge in [0.25, 0.3) is 0 Å². The van der Waals surface area contributed by atoms with E-state index in [2.05, 4.69) is 0 Å². The third-order valence-electron chi connectivity index (χ3n) is 2.30. The molecule has 0 aromatic heterocycles. The highest BCUT2D eigenvalue weighted by atomic mass is 35.6. The van der Waals surface area contributed by atoms with Gasteiger partial charge in [0.05, 0.1) is 0 Å². The highest BCUT2D eigenvalue weighted by Gasteiger charge is 2.47. The average Bonchev–Trinajstić information content (AvgIpc) is 2.25. The van der Waals surface area contributed by atoms with Gasteiger partial charge in [-0.05, 0) is 24.0 Å². The van der Waals surface area contributed by atoms with Crippen LogP contribution in [0.15, 0.2) is 24.3 Å². The van der Waals surface area contributed by atoms with Gasteiger partial charge in [0.2, 0.25) is 3.79 Å². The molecule has 0 bridgehead atoms. The van der Waals surface area contributed by atoms with Crippen molar-refractivity contribution in [3.8, 4) is 0 Å². The maximum Gasteiger partial charge on any atom is 0.227 e. The predicted molar refractivity (Wildman–Crippen MR) is 75.5 cm³/mol. The van der Waals surface area contributed by atoms with Crippen LogP contribution in [0.25, 0.3) is 0 Å². The molecule has 1 aromatic carbocycles. The van der Waals surface area contributed by atoms with Gasteiger partial charge in [0, 0.05) is 6.61 Å². The van der Waals surface area contributed by atoms with Gasteiger partial charge < -0.3 is 5.11 Å². The van der Waals surface area contributed by atoms with Gasteiger partial charge in [-0.2, -0.15) is 0 Å². The molecule has 1 nitrogen and oxygen atoms in total. The number of hydrogen-bond acceptors (Lipinski definition) is 1. The monoisotopic (exact) mass is 334 g/mol. The summed E-state index contributed by atoms with van der Waals surface area (Å²) in [6.45, 7) is 0.158. The average molecular weight is 336 g/mol. The van der Waals surface area contributed by atoms with Crippen LogP contribution in [0.3, 0.4) is 0 Å².